The van der Waals surface area contributed by atoms with Gasteiger partial charge in [0.1, 0.15) is 12.6 Å². The maximum Gasteiger partial charge on any atom is 0.326 e. The van der Waals surface area contributed by atoms with Gasteiger partial charge in [-0.15, -0.1) is 11.8 Å². The van der Waals surface area contributed by atoms with E-state index in [9.17, 15) is 19.2 Å². The van der Waals surface area contributed by atoms with Crippen molar-refractivity contribution in [1.29, 1.82) is 0 Å². The second kappa shape index (κ2) is 6.98. The summed E-state index contributed by atoms with van der Waals surface area (Å²) in [6.07, 6.45) is -0.200. The number of carbonyl (C=O) groups is 4. The fourth-order valence-electron chi connectivity index (χ4n) is 1.50. The third-order valence-corrected chi connectivity index (χ3v) is 3.42. The van der Waals surface area contributed by atoms with E-state index in [0.717, 1.165) is 0 Å². The molecule has 1 aliphatic heterocycles. The maximum atomic E-state index is 11.6. The maximum absolute atomic E-state index is 11.6. The Labute approximate surface area is 113 Å². The Kier molecular flexibility index (Phi) is 5.61. The first-order valence-electron chi connectivity index (χ1n) is 5.56. The molecule has 0 bridgehead atoms. The highest BCUT2D eigenvalue weighted by atomic mass is 32.2. The molecule has 9 heteroatoms. The zero-order valence-electron chi connectivity index (χ0n) is 10.1. The van der Waals surface area contributed by atoms with Gasteiger partial charge >= 0.3 is 5.97 Å². The van der Waals surface area contributed by atoms with Gasteiger partial charge in [-0.05, 0) is 6.42 Å². The SMILES string of the molecule is NC(=O)CCC(NC(=O)CN1CSCC1=O)C(=O)O. The fraction of sp³-hybridized carbons (Fsp3) is 0.600. The number of hydrogen-bond acceptors (Lipinski definition) is 5. The number of nitrogens with one attached hydrogen (secondary N) is 1. The van der Waals surface area contributed by atoms with E-state index < -0.39 is 23.8 Å². The van der Waals surface area contributed by atoms with Crippen LogP contribution >= 0.6 is 11.8 Å². The molecule has 1 atom stereocenters. The Hall–Kier alpha value is -1.77. The number of carboxylic acids is 1. The van der Waals surface area contributed by atoms with E-state index in [4.69, 9.17) is 10.8 Å². The summed E-state index contributed by atoms with van der Waals surface area (Å²) >= 11 is 1.39. The van der Waals surface area contributed by atoms with Crippen LogP contribution in [0.4, 0.5) is 0 Å². The number of carboxylic acid groups (broad SMARTS) is 1. The zero-order valence-corrected chi connectivity index (χ0v) is 10.9. The molecule has 1 saturated heterocycles. The summed E-state index contributed by atoms with van der Waals surface area (Å²) in [5.41, 5.74) is 4.92. The van der Waals surface area contributed by atoms with E-state index in [1.54, 1.807) is 0 Å². The van der Waals surface area contributed by atoms with E-state index in [0.29, 0.717) is 11.6 Å². The van der Waals surface area contributed by atoms with Gasteiger partial charge in [-0.25, -0.2) is 4.79 Å². The van der Waals surface area contributed by atoms with E-state index in [1.165, 1.54) is 16.7 Å². The molecule has 0 aromatic carbocycles. The molecule has 1 fully saturated rings. The van der Waals surface area contributed by atoms with Crippen LogP contribution in [-0.2, 0) is 19.2 Å². The predicted octanol–water partition coefficient (Wildman–Crippen LogP) is -1.65. The molecule has 19 heavy (non-hydrogen) atoms. The van der Waals surface area contributed by atoms with Crippen molar-refractivity contribution < 1.29 is 24.3 Å². The van der Waals surface area contributed by atoms with Crippen molar-refractivity contribution in [2.75, 3.05) is 18.2 Å². The molecule has 1 aliphatic rings. The minimum Gasteiger partial charge on any atom is -0.480 e. The molecule has 0 aromatic heterocycles. The van der Waals surface area contributed by atoms with Gasteiger partial charge in [0.2, 0.25) is 17.7 Å². The van der Waals surface area contributed by atoms with Gasteiger partial charge in [0.05, 0.1) is 11.6 Å². The smallest absolute Gasteiger partial charge is 0.326 e. The Morgan fingerprint density at radius 3 is 2.63 bits per heavy atom. The van der Waals surface area contributed by atoms with Crippen molar-refractivity contribution in [2.24, 2.45) is 5.73 Å². The van der Waals surface area contributed by atoms with Crippen molar-refractivity contribution >= 4 is 35.5 Å². The molecule has 3 amide bonds. The van der Waals surface area contributed by atoms with Crippen molar-refractivity contribution in [2.45, 2.75) is 18.9 Å². The number of nitrogens with zero attached hydrogens (tertiary/aromatic N) is 1. The summed E-state index contributed by atoms with van der Waals surface area (Å²) < 4.78 is 0. The average Bonchev–Trinajstić information content (AvgIpc) is 2.69. The first kappa shape index (κ1) is 15.3. The van der Waals surface area contributed by atoms with Crippen molar-refractivity contribution in [3.63, 3.8) is 0 Å². The van der Waals surface area contributed by atoms with Crippen LogP contribution in [0.5, 0.6) is 0 Å². The van der Waals surface area contributed by atoms with Crippen LogP contribution in [-0.4, -0.2) is 57.9 Å². The van der Waals surface area contributed by atoms with Crippen LogP contribution in [0.2, 0.25) is 0 Å². The first-order chi connectivity index (χ1) is 8.90. The lowest BCUT2D eigenvalue weighted by Crippen LogP contribution is -2.46. The number of hydrogen-bond donors (Lipinski definition) is 3. The molecule has 1 unspecified atom stereocenters. The molecule has 0 aliphatic carbocycles. The van der Waals surface area contributed by atoms with Crippen LogP contribution in [0.15, 0.2) is 0 Å². The Morgan fingerprint density at radius 2 is 2.16 bits per heavy atom. The number of primary amides is 1. The summed E-state index contributed by atoms with van der Waals surface area (Å²) in [6, 6.07) is -1.18. The monoisotopic (exact) mass is 289 g/mol. The molecule has 4 N–H and O–H groups in total. The van der Waals surface area contributed by atoms with Crippen molar-refractivity contribution in [1.82, 2.24) is 10.2 Å². The van der Waals surface area contributed by atoms with Crippen LogP contribution in [0.3, 0.4) is 0 Å². The zero-order chi connectivity index (χ0) is 14.4. The molecule has 8 nitrogen and oxygen atoms in total. The Morgan fingerprint density at radius 1 is 1.47 bits per heavy atom. The fourth-order valence-corrected chi connectivity index (χ4v) is 2.40. The number of aliphatic carboxylic acids is 1. The van der Waals surface area contributed by atoms with Gasteiger partial charge in [0.25, 0.3) is 0 Å². The molecular formula is C10H15N3O5S. The highest BCUT2D eigenvalue weighted by Gasteiger charge is 2.25. The van der Waals surface area contributed by atoms with Gasteiger partial charge in [0.15, 0.2) is 0 Å². The van der Waals surface area contributed by atoms with E-state index in [-0.39, 0.29) is 25.3 Å². The van der Waals surface area contributed by atoms with Crippen molar-refractivity contribution in [3.8, 4) is 0 Å². The third kappa shape index (κ3) is 5.16. The molecule has 1 rings (SSSR count). The van der Waals surface area contributed by atoms with Gasteiger partial charge in [-0.1, -0.05) is 0 Å². The Bertz CT molecular complexity index is 401. The number of amides is 3. The van der Waals surface area contributed by atoms with Gasteiger partial charge in [0, 0.05) is 6.42 Å². The van der Waals surface area contributed by atoms with Crippen LogP contribution in [0, 0.1) is 0 Å². The number of thioether (sulfide) groups is 1. The second-order valence-corrected chi connectivity index (χ2v) is 4.99. The summed E-state index contributed by atoms with van der Waals surface area (Å²) in [5.74, 6) is -1.83. The highest BCUT2D eigenvalue weighted by molar-refractivity contribution is 8.00. The summed E-state index contributed by atoms with van der Waals surface area (Å²) in [4.78, 5) is 45.7. The summed E-state index contributed by atoms with van der Waals surface area (Å²) in [5, 5.41) is 11.2. The molecule has 1 heterocycles. The standard InChI is InChI=1S/C10H15N3O5S/c11-7(14)2-1-6(10(17)18)12-8(15)3-13-5-19-4-9(13)16/h6H,1-5H2,(H2,11,14)(H,12,15)(H,17,18). The largest absolute Gasteiger partial charge is 0.480 e. The highest BCUT2D eigenvalue weighted by Crippen LogP contribution is 2.14. The molecule has 0 radical (unpaired) electrons. The molecule has 106 valence electrons. The lowest BCUT2D eigenvalue weighted by atomic mass is 10.1. The second-order valence-electron chi connectivity index (χ2n) is 4.03. The molecule has 0 spiro atoms. The van der Waals surface area contributed by atoms with Crippen LogP contribution < -0.4 is 11.1 Å². The summed E-state index contributed by atoms with van der Waals surface area (Å²) in [7, 11) is 0. The molecule has 0 saturated carbocycles. The molecular weight excluding hydrogens is 274 g/mol. The molecule has 0 aromatic rings. The first-order valence-corrected chi connectivity index (χ1v) is 6.71. The lowest BCUT2D eigenvalue weighted by Gasteiger charge is -2.17. The minimum atomic E-state index is -1.24. The van der Waals surface area contributed by atoms with Crippen molar-refractivity contribution in [3.05, 3.63) is 0 Å². The predicted molar refractivity (Wildman–Crippen MR) is 67.0 cm³/mol. The topological polar surface area (TPSA) is 130 Å². The normalized spacial score (nSPS) is 16.2. The van der Waals surface area contributed by atoms with Gasteiger partial charge < -0.3 is 21.1 Å². The van der Waals surface area contributed by atoms with E-state index in [1.807, 2.05) is 0 Å². The van der Waals surface area contributed by atoms with Gasteiger partial charge in [-0.2, -0.15) is 0 Å². The number of rotatable bonds is 7. The number of carbonyl (C=O) groups excluding carboxylic acids is 3. The number of nitrogens with two attached hydrogens (primary N) is 1. The average molecular weight is 289 g/mol. The van der Waals surface area contributed by atoms with E-state index in [2.05, 4.69) is 5.32 Å². The Balaban J connectivity index is 2.44. The van der Waals surface area contributed by atoms with Gasteiger partial charge in [-0.3, -0.25) is 14.4 Å². The van der Waals surface area contributed by atoms with Crippen LogP contribution in [0.1, 0.15) is 12.8 Å². The third-order valence-electron chi connectivity index (χ3n) is 2.47. The lowest BCUT2D eigenvalue weighted by molar-refractivity contribution is -0.142. The van der Waals surface area contributed by atoms with Crippen LogP contribution in [0.25, 0.3) is 0 Å². The van der Waals surface area contributed by atoms with E-state index >= 15 is 0 Å². The summed E-state index contributed by atoms with van der Waals surface area (Å²) in [6.45, 7) is -0.174. The quantitative estimate of drug-likeness (QED) is 0.515. The minimum absolute atomic E-state index is 0.0703.